The molecule has 4 aliphatic heterocycles. The van der Waals surface area contributed by atoms with Crippen LogP contribution in [0.2, 0.25) is 0 Å². The minimum atomic E-state index is -1.38. The molecule has 8 nitrogen and oxygen atoms in total. The van der Waals surface area contributed by atoms with Crippen molar-refractivity contribution in [2.45, 2.75) is 69.4 Å². The van der Waals surface area contributed by atoms with Gasteiger partial charge in [-0.1, -0.05) is 79.8 Å². The number of para-hydroxylation sites is 1. The Morgan fingerprint density at radius 3 is 2.16 bits per heavy atom. The Morgan fingerprint density at radius 2 is 1.53 bits per heavy atom. The first-order valence-corrected chi connectivity index (χ1v) is 15.3. The molecule has 0 saturated carbocycles. The number of aliphatic hydroxyl groups is 1. The SMILES string of the molecule is CC[C@@]12C=CCN(c3ccccc3)C(=O)[C@@H]1[C@H]1C(=O)N([C@@H](CO)Cc3ccccc3)C3C(=O)N(C(C)(C)C)CC=C[C@@]31O2. The molecule has 4 heterocycles. The van der Waals surface area contributed by atoms with Gasteiger partial charge in [0.25, 0.3) is 0 Å². The molecule has 2 aromatic carbocycles. The lowest BCUT2D eigenvalue weighted by Gasteiger charge is -2.43. The largest absolute Gasteiger partial charge is 0.394 e. The third-order valence-corrected chi connectivity index (χ3v) is 9.67. The molecular formula is C35H41N3O5. The Kier molecular flexibility index (Phi) is 7.33. The van der Waals surface area contributed by atoms with Crippen LogP contribution in [0.25, 0.3) is 0 Å². The van der Waals surface area contributed by atoms with E-state index in [-0.39, 0.29) is 24.3 Å². The van der Waals surface area contributed by atoms with Crippen molar-refractivity contribution >= 4 is 23.4 Å². The first-order valence-electron chi connectivity index (χ1n) is 15.3. The van der Waals surface area contributed by atoms with Crippen LogP contribution in [0, 0.1) is 11.8 Å². The molecule has 1 unspecified atom stereocenters. The van der Waals surface area contributed by atoms with Crippen LogP contribution < -0.4 is 4.90 Å². The third kappa shape index (κ3) is 4.54. The highest BCUT2D eigenvalue weighted by atomic mass is 16.5. The summed E-state index contributed by atoms with van der Waals surface area (Å²) in [5.41, 5.74) is -1.29. The second kappa shape index (κ2) is 10.8. The van der Waals surface area contributed by atoms with Crippen LogP contribution in [0.1, 0.15) is 39.7 Å². The van der Waals surface area contributed by atoms with E-state index >= 15 is 0 Å². The van der Waals surface area contributed by atoms with E-state index in [0.29, 0.717) is 25.9 Å². The maximum atomic E-state index is 14.9. The molecule has 0 aromatic heterocycles. The zero-order chi connectivity index (χ0) is 30.6. The van der Waals surface area contributed by atoms with Crippen molar-refractivity contribution in [1.29, 1.82) is 0 Å². The third-order valence-electron chi connectivity index (χ3n) is 9.67. The molecule has 0 radical (unpaired) electrons. The van der Waals surface area contributed by atoms with E-state index in [1.165, 1.54) is 0 Å². The number of likely N-dealkylation sites (tertiary alicyclic amines) is 1. The lowest BCUT2D eigenvalue weighted by atomic mass is 9.73. The summed E-state index contributed by atoms with van der Waals surface area (Å²) in [7, 11) is 0. The van der Waals surface area contributed by atoms with E-state index in [9.17, 15) is 19.5 Å². The highest BCUT2D eigenvalue weighted by molar-refractivity contribution is 6.04. The fraction of sp³-hybridized carbons (Fsp3) is 0.457. The number of carbonyl (C=O) groups excluding carboxylic acids is 3. The Morgan fingerprint density at radius 1 is 0.884 bits per heavy atom. The van der Waals surface area contributed by atoms with Gasteiger partial charge in [0.2, 0.25) is 17.7 Å². The monoisotopic (exact) mass is 583 g/mol. The number of hydrogen-bond acceptors (Lipinski definition) is 5. The molecule has 43 heavy (non-hydrogen) atoms. The van der Waals surface area contributed by atoms with Crippen LogP contribution in [-0.2, 0) is 25.5 Å². The molecule has 3 amide bonds. The highest BCUT2D eigenvalue weighted by Crippen LogP contribution is 2.59. The van der Waals surface area contributed by atoms with Gasteiger partial charge >= 0.3 is 0 Å². The van der Waals surface area contributed by atoms with Crippen molar-refractivity contribution in [3.63, 3.8) is 0 Å². The number of amides is 3. The number of benzene rings is 2. The predicted octanol–water partition coefficient (Wildman–Crippen LogP) is 3.75. The molecular weight excluding hydrogens is 542 g/mol. The van der Waals surface area contributed by atoms with Crippen LogP contribution in [-0.4, -0.2) is 81.1 Å². The zero-order valence-corrected chi connectivity index (χ0v) is 25.3. The summed E-state index contributed by atoms with van der Waals surface area (Å²) in [6.45, 7) is 8.25. The molecule has 226 valence electrons. The van der Waals surface area contributed by atoms with Crippen LogP contribution >= 0.6 is 0 Å². The van der Waals surface area contributed by atoms with Gasteiger partial charge in [-0.2, -0.15) is 0 Å². The number of nitrogens with zero attached hydrogens (tertiary/aromatic N) is 3. The van der Waals surface area contributed by atoms with Crippen molar-refractivity contribution in [3.05, 3.63) is 90.5 Å². The first-order chi connectivity index (χ1) is 20.6. The number of aliphatic hydroxyl groups excluding tert-OH is 1. The summed E-state index contributed by atoms with van der Waals surface area (Å²) >= 11 is 0. The van der Waals surface area contributed by atoms with Crippen molar-refractivity contribution in [2.24, 2.45) is 11.8 Å². The lowest BCUT2D eigenvalue weighted by molar-refractivity contribution is -0.158. The van der Waals surface area contributed by atoms with Crippen molar-refractivity contribution in [1.82, 2.24) is 9.80 Å². The summed E-state index contributed by atoms with van der Waals surface area (Å²) in [4.78, 5) is 49.3. The highest BCUT2D eigenvalue weighted by Gasteiger charge is 2.76. The molecule has 2 aromatic rings. The van der Waals surface area contributed by atoms with Crippen molar-refractivity contribution in [2.75, 3.05) is 24.6 Å². The Labute approximate surface area is 253 Å². The summed E-state index contributed by atoms with van der Waals surface area (Å²) in [6, 6.07) is 17.4. The Hall–Kier alpha value is -3.75. The van der Waals surface area contributed by atoms with Gasteiger partial charge < -0.3 is 24.5 Å². The average molecular weight is 584 g/mol. The van der Waals surface area contributed by atoms with Gasteiger partial charge in [0.1, 0.15) is 11.6 Å². The normalized spacial score (nSPS) is 31.0. The molecule has 0 bridgehead atoms. The van der Waals surface area contributed by atoms with E-state index < -0.39 is 40.7 Å². The van der Waals surface area contributed by atoms with E-state index in [0.717, 1.165) is 11.3 Å². The van der Waals surface area contributed by atoms with Crippen molar-refractivity contribution < 1.29 is 24.2 Å². The average Bonchev–Trinajstić information content (AvgIpc) is 3.28. The molecule has 8 heteroatoms. The topological polar surface area (TPSA) is 90.4 Å². The van der Waals surface area contributed by atoms with E-state index in [1.54, 1.807) is 14.7 Å². The van der Waals surface area contributed by atoms with Gasteiger partial charge in [-0.25, -0.2) is 0 Å². The number of hydrogen-bond donors (Lipinski definition) is 1. The summed E-state index contributed by atoms with van der Waals surface area (Å²) in [6.07, 6.45) is 8.50. The number of ether oxygens (including phenoxy) is 1. The van der Waals surface area contributed by atoms with E-state index in [2.05, 4.69) is 0 Å². The minimum Gasteiger partial charge on any atom is -0.394 e. The molecule has 0 aliphatic carbocycles. The second-order valence-corrected chi connectivity index (χ2v) is 13.1. The number of fused-ring (bicyclic) bond motifs is 2. The standard InChI is InChI=1S/C35H41N3O5/c1-5-34-18-12-20-36(25-16-10-7-11-17-25)30(40)27(34)28-31(41)38(26(23-39)22-24-14-8-6-9-15-24)29-32(42)37(33(2,3)4)21-13-19-35(28,29)43-34/h6-19,26-29,39H,5,20-23H2,1-4H3/t26-,27+,28+,29?,34-,35+/m1/s1. The fourth-order valence-electron chi connectivity index (χ4n) is 7.67. The lowest BCUT2D eigenvalue weighted by Crippen LogP contribution is -2.61. The maximum absolute atomic E-state index is 14.9. The summed E-state index contributed by atoms with van der Waals surface area (Å²) in [5.74, 6) is -2.56. The molecule has 1 N–H and O–H groups in total. The molecule has 2 fully saturated rings. The van der Waals surface area contributed by atoms with Crippen LogP contribution in [0.15, 0.2) is 85.0 Å². The molecule has 2 saturated heterocycles. The number of anilines is 1. The zero-order valence-electron chi connectivity index (χ0n) is 25.3. The number of carbonyl (C=O) groups is 3. The maximum Gasteiger partial charge on any atom is 0.249 e. The minimum absolute atomic E-state index is 0.199. The first kappa shape index (κ1) is 29.3. The molecule has 4 aliphatic rings. The van der Waals surface area contributed by atoms with Crippen LogP contribution in [0.3, 0.4) is 0 Å². The van der Waals surface area contributed by atoms with Crippen LogP contribution in [0.5, 0.6) is 0 Å². The quantitative estimate of drug-likeness (QED) is 0.524. The smallest absolute Gasteiger partial charge is 0.249 e. The van der Waals surface area contributed by atoms with Gasteiger partial charge in [-0.3, -0.25) is 14.4 Å². The predicted molar refractivity (Wildman–Crippen MR) is 164 cm³/mol. The van der Waals surface area contributed by atoms with Gasteiger partial charge in [-0.05, 0) is 51.3 Å². The fourth-order valence-corrected chi connectivity index (χ4v) is 7.67. The van der Waals surface area contributed by atoms with Gasteiger partial charge in [0.05, 0.1) is 30.1 Å². The Bertz CT molecular complexity index is 1450. The van der Waals surface area contributed by atoms with E-state index in [4.69, 9.17) is 4.74 Å². The Balaban J connectivity index is 1.52. The van der Waals surface area contributed by atoms with E-state index in [1.807, 2.05) is 113 Å². The molecule has 6 rings (SSSR count). The van der Waals surface area contributed by atoms with Gasteiger partial charge in [-0.15, -0.1) is 0 Å². The molecule has 1 spiro atoms. The summed E-state index contributed by atoms with van der Waals surface area (Å²) in [5, 5.41) is 10.8. The van der Waals surface area contributed by atoms with Crippen molar-refractivity contribution in [3.8, 4) is 0 Å². The van der Waals surface area contributed by atoms with Crippen LogP contribution in [0.4, 0.5) is 5.69 Å². The summed E-state index contributed by atoms with van der Waals surface area (Å²) < 4.78 is 7.10. The second-order valence-electron chi connectivity index (χ2n) is 13.1. The molecule has 6 atom stereocenters. The number of rotatable bonds is 6. The van der Waals surface area contributed by atoms with Gasteiger partial charge in [0, 0.05) is 24.3 Å². The van der Waals surface area contributed by atoms with Gasteiger partial charge in [0.15, 0.2) is 0 Å².